The molecule has 82 valence electrons. The Balaban J connectivity index is 3.00. The molecule has 0 aromatic carbocycles. The maximum Gasteiger partial charge on any atom is 0.319 e. The van der Waals surface area contributed by atoms with Crippen LogP contribution >= 0.6 is 0 Å². The minimum absolute atomic E-state index is 0.845. The van der Waals surface area contributed by atoms with E-state index in [-0.39, 0.29) is 0 Å². The highest BCUT2D eigenvalue weighted by Gasteiger charge is 2.51. The van der Waals surface area contributed by atoms with Gasteiger partial charge in [0.05, 0.1) is 14.2 Å². The number of methoxy groups -OCH3 is 2. The summed E-state index contributed by atoms with van der Waals surface area (Å²) in [5.74, 6) is -6.46. The number of nitrogens with one attached hydrogen (secondary N) is 1. The first-order valence-electron chi connectivity index (χ1n) is 4.03. The fraction of sp³-hybridized carbons (Fsp3) is 0.500. The summed E-state index contributed by atoms with van der Waals surface area (Å²) in [6.07, 6.45) is 0. The van der Waals surface area contributed by atoms with Crippen LogP contribution in [0.1, 0.15) is 0 Å². The van der Waals surface area contributed by atoms with Gasteiger partial charge in [-0.1, -0.05) is 0 Å². The highest BCUT2D eigenvalue weighted by atomic mass is 16.5. The molecule has 7 nitrogen and oxygen atoms in total. The molecule has 7 heteroatoms. The summed E-state index contributed by atoms with van der Waals surface area (Å²) < 4.78 is 8.64. The minimum atomic E-state index is -1.45. The van der Waals surface area contributed by atoms with Crippen molar-refractivity contribution in [3.63, 3.8) is 0 Å². The van der Waals surface area contributed by atoms with Crippen molar-refractivity contribution in [1.82, 2.24) is 5.32 Å². The lowest BCUT2D eigenvalue weighted by atomic mass is 9.95. The number of rotatable bonds is 2. The van der Waals surface area contributed by atoms with E-state index in [0.717, 1.165) is 14.2 Å². The third kappa shape index (κ3) is 1.80. The fourth-order valence-corrected chi connectivity index (χ4v) is 1.32. The molecule has 0 aromatic rings. The predicted molar refractivity (Wildman–Crippen MR) is 44.2 cm³/mol. The summed E-state index contributed by atoms with van der Waals surface area (Å²) in [6, 6.07) is 0. The van der Waals surface area contributed by atoms with Gasteiger partial charge in [-0.25, -0.2) is 0 Å². The van der Waals surface area contributed by atoms with Gasteiger partial charge in [-0.15, -0.1) is 0 Å². The maximum atomic E-state index is 11.2. The lowest BCUT2D eigenvalue weighted by Gasteiger charge is -2.10. The van der Waals surface area contributed by atoms with Gasteiger partial charge >= 0.3 is 11.9 Å². The van der Waals surface area contributed by atoms with Crippen molar-refractivity contribution in [1.29, 1.82) is 0 Å². The molecule has 1 rings (SSSR count). The Morgan fingerprint density at radius 2 is 1.33 bits per heavy atom. The molecule has 2 atom stereocenters. The summed E-state index contributed by atoms with van der Waals surface area (Å²) in [7, 11) is 2.12. The number of hydrogen-bond donors (Lipinski definition) is 1. The van der Waals surface area contributed by atoms with Gasteiger partial charge < -0.3 is 9.47 Å². The smallest absolute Gasteiger partial charge is 0.319 e. The lowest BCUT2D eigenvalue weighted by Crippen LogP contribution is -2.33. The van der Waals surface area contributed by atoms with Crippen LogP contribution in [0.5, 0.6) is 0 Å². The zero-order valence-electron chi connectivity index (χ0n) is 8.10. The molecule has 0 radical (unpaired) electrons. The average molecular weight is 215 g/mol. The van der Waals surface area contributed by atoms with Crippen LogP contribution in [0.15, 0.2) is 0 Å². The lowest BCUT2D eigenvalue weighted by molar-refractivity contribution is -0.159. The second-order valence-corrected chi connectivity index (χ2v) is 2.86. The molecule has 0 spiro atoms. The summed E-state index contributed by atoms with van der Waals surface area (Å²) in [5, 5.41) is 1.87. The quantitative estimate of drug-likeness (QED) is 0.332. The molecule has 1 aliphatic heterocycles. The van der Waals surface area contributed by atoms with E-state index < -0.39 is 35.6 Å². The largest absolute Gasteiger partial charge is 0.468 e. The second kappa shape index (κ2) is 4.07. The van der Waals surface area contributed by atoms with Crippen LogP contribution in [0.25, 0.3) is 0 Å². The third-order valence-electron chi connectivity index (χ3n) is 2.05. The molecule has 1 aliphatic rings. The maximum absolute atomic E-state index is 11.2. The predicted octanol–water partition coefficient (Wildman–Crippen LogP) is -1.78. The Kier molecular flexibility index (Phi) is 3.03. The van der Waals surface area contributed by atoms with Crippen LogP contribution in [0.3, 0.4) is 0 Å². The molecule has 0 aliphatic carbocycles. The number of amides is 2. The summed E-state index contributed by atoms with van der Waals surface area (Å²) in [4.78, 5) is 44.7. The number of ether oxygens (including phenoxy) is 2. The fourth-order valence-electron chi connectivity index (χ4n) is 1.32. The van der Waals surface area contributed by atoms with E-state index >= 15 is 0 Å². The van der Waals surface area contributed by atoms with E-state index in [1.807, 2.05) is 5.32 Å². The van der Waals surface area contributed by atoms with Gasteiger partial charge in [0.1, 0.15) is 0 Å². The molecule has 0 unspecified atom stereocenters. The zero-order chi connectivity index (χ0) is 11.6. The van der Waals surface area contributed by atoms with Crippen LogP contribution in [-0.2, 0) is 28.7 Å². The number of carbonyl (C=O) groups excluding carboxylic acids is 4. The van der Waals surface area contributed by atoms with E-state index in [0.29, 0.717) is 0 Å². The van der Waals surface area contributed by atoms with E-state index in [1.165, 1.54) is 0 Å². The molecular weight excluding hydrogens is 206 g/mol. The van der Waals surface area contributed by atoms with Gasteiger partial charge in [0, 0.05) is 0 Å². The first-order valence-corrected chi connectivity index (χ1v) is 4.03. The Morgan fingerprint density at radius 1 is 1.00 bits per heavy atom. The van der Waals surface area contributed by atoms with Crippen molar-refractivity contribution in [2.24, 2.45) is 11.8 Å². The number of imide groups is 1. The van der Waals surface area contributed by atoms with Crippen molar-refractivity contribution in [2.75, 3.05) is 14.2 Å². The molecule has 0 bridgehead atoms. The van der Waals surface area contributed by atoms with Crippen molar-refractivity contribution in [3.05, 3.63) is 0 Å². The van der Waals surface area contributed by atoms with Crippen LogP contribution in [0.4, 0.5) is 0 Å². The minimum Gasteiger partial charge on any atom is -0.468 e. The van der Waals surface area contributed by atoms with Crippen LogP contribution in [-0.4, -0.2) is 38.0 Å². The van der Waals surface area contributed by atoms with Crippen molar-refractivity contribution >= 4 is 23.8 Å². The van der Waals surface area contributed by atoms with Gasteiger partial charge in [-0.3, -0.25) is 24.5 Å². The molecule has 0 aromatic heterocycles. The summed E-state index contributed by atoms with van der Waals surface area (Å²) in [5.41, 5.74) is 0. The Morgan fingerprint density at radius 3 is 1.60 bits per heavy atom. The third-order valence-corrected chi connectivity index (χ3v) is 2.05. The van der Waals surface area contributed by atoms with Gasteiger partial charge in [-0.05, 0) is 0 Å². The molecule has 1 fully saturated rings. The van der Waals surface area contributed by atoms with Crippen LogP contribution in [0, 0.1) is 11.8 Å². The molecule has 1 heterocycles. The zero-order valence-corrected chi connectivity index (χ0v) is 8.10. The van der Waals surface area contributed by atoms with Gasteiger partial charge in [-0.2, -0.15) is 0 Å². The van der Waals surface area contributed by atoms with E-state index in [9.17, 15) is 19.2 Å². The monoisotopic (exact) mass is 215 g/mol. The molecule has 0 saturated carbocycles. The molecular formula is C8H9NO6. The van der Waals surface area contributed by atoms with Crippen LogP contribution in [0.2, 0.25) is 0 Å². The second-order valence-electron chi connectivity index (χ2n) is 2.86. The van der Waals surface area contributed by atoms with Gasteiger partial charge in [0.2, 0.25) is 11.8 Å². The Bertz CT molecular complexity index is 304. The van der Waals surface area contributed by atoms with E-state index in [2.05, 4.69) is 9.47 Å². The number of hydrogen-bond acceptors (Lipinski definition) is 6. The van der Waals surface area contributed by atoms with Crippen molar-refractivity contribution in [2.45, 2.75) is 0 Å². The summed E-state index contributed by atoms with van der Waals surface area (Å²) >= 11 is 0. The van der Waals surface area contributed by atoms with Gasteiger partial charge in [0.15, 0.2) is 11.8 Å². The molecule has 15 heavy (non-hydrogen) atoms. The average Bonchev–Trinajstić information content (AvgIpc) is 2.51. The van der Waals surface area contributed by atoms with E-state index in [4.69, 9.17) is 0 Å². The first kappa shape index (κ1) is 11.2. The van der Waals surface area contributed by atoms with Gasteiger partial charge in [0.25, 0.3) is 0 Å². The molecule has 2 amide bonds. The highest BCUT2D eigenvalue weighted by Crippen LogP contribution is 2.21. The normalized spacial score (nSPS) is 24.7. The van der Waals surface area contributed by atoms with Crippen LogP contribution < -0.4 is 5.32 Å². The number of esters is 2. The molecule has 1 N–H and O–H groups in total. The first-order chi connectivity index (χ1) is 7.02. The van der Waals surface area contributed by atoms with Crippen molar-refractivity contribution in [3.8, 4) is 0 Å². The topological polar surface area (TPSA) is 98.8 Å². The summed E-state index contributed by atoms with van der Waals surface area (Å²) in [6.45, 7) is 0. The number of carbonyl (C=O) groups is 4. The van der Waals surface area contributed by atoms with E-state index in [1.54, 1.807) is 0 Å². The SMILES string of the molecule is COC(=O)[C@H]1C(=O)NC(=O)[C@@H]1C(=O)OC. The molecule has 1 saturated heterocycles. The standard InChI is InChI=1S/C8H9NO6/c1-14-7(12)3-4(8(13)15-2)6(11)9-5(3)10/h3-4H,1-2H3,(H,9,10,11)/t3-,4-/m1/s1. The Labute approximate surface area is 84.7 Å². The Hall–Kier alpha value is -1.92. The van der Waals surface area contributed by atoms with Crippen molar-refractivity contribution < 1.29 is 28.7 Å². The highest BCUT2D eigenvalue weighted by molar-refractivity contribution is 6.20.